The molecule has 0 aliphatic heterocycles. The summed E-state index contributed by atoms with van der Waals surface area (Å²) in [5.74, 6) is 0.0127. The van der Waals surface area contributed by atoms with Gasteiger partial charge in [0.2, 0.25) is 5.91 Å². The molecule has 0 saturated carbocycles. The average molecular weight is 169 g/mol. The SMILES string of the molecule is C=CCCN(CCC=O)C(C)=O. The molecular weight excluding hydrogens is 154 g/mol. The Kier molecular flexibility index (Phi) is 5.97. The first kappa shape index (κ1) is 10.9. The summed E-state index contributed by atoms with van der Waals surface area (Å²) in [4.78, 5) is 22.6. The smallest absolute Gasteiger partial charge is 0.219 e. The summed E-state index contributed by atoms with van der Waals surface area (Å²) in [6, 6.07) is 0. The second-order valence-electron chi connectivity index (χ2n) is 2.54. The number of nitrogens with zero attached hydrogens (tertiary/aromatic N) is 1. The summed E-state index contributed by atoms with van der Waals surface area (Å²) < 4.78 is 0. The van der Waals surface area contributed by atoms with Crippen LogP contribution in [-0.2, 0) is 9.59 Å². The van der Waals surface area contributed by atoms with E-state index in [2.05, 4.69) is 6.58 Å². The van der Waals surface area contributed by atoms with E-state index in [1.807, 2.05) is 0 Å². The summed E-state index contributed by atoms with van der Waals surface area (Å²) >= 11 is 0. The van der Waals surface area contributed by atoms with E-state index >= 15 is 0 Å². The Labute approximate surface area is 73.1 Å². The minimum atomic E-state index is 0.0127. The van der Waals surface area contributed by atoms with Crippen molar-refractivity contribution in [3.8, 4) is 0 Å². The highest BCUT2D eigenvalue weighted by Gasteiger charge is 2.05. The molecule has 12 heavy (non-hydrogen) atoms. The molecule has 3 nitrogen and oxygen atoms in total. The molecule has 3 heteroatoms. The Balaban J connectivity index is 3.77. The normalized spacial score (nSPS) is 9.08. The van der Waals surface area contributed by atoms with Crippen LogP contribution in [0.3, 0.4) is 0 Å². The van der Waals surface area contributed by atoms with Crippen molar-refractivity contribution >= 4 is 12.2 Å². The van der Waals surface area contributed by atoms with Crippen molar-refractivity contribution in [2.75, 3.05) is 13.1 Å². The summed E-state index contributed by atoms with van der Waals surface area (Å²) in [5, 5.41) is 0. The van der Waals surface area contributed by atoms with Crippen LogP contribution in [0.25, 0.3) is 0 Å². The fourth-order valence-corrected chi connectivity index (χ4v) is 0.882. The molecule has 0 atom stereocenters. The van der Waals surface area contributed by atoms with E-state index in [0.29, 0.717) is 19.5 Å². The van der Waals surface area contributed by atoms with E-state index < -0.39 is 0 Å². The minimum Gasteiger partial charge on any atom is -0.342 e. The van der Waals surface area contributed by atoms with Crippen LogP contribution in [0.4, 0.5) is 0 Å². The Morgan fingerprint density at radius 1 is 1.42 bits per heavy atom. The Morgan fingerprint density at radius 3 is 2.42 bits per heavy atom. The van der Waals surface area contributed by atoms with Crippen LogP contribution >= 0.6 is 0 Å². The number of rotatable bonds is 6. The molecule has 0 aromatic heterocycles. The van der Waals surface area contributed by atoms with Crippen LogP contribution in [-0.4, -0.2) is 30.2 Å². The number of hydrogen-bond donors (Lipinski definition) is 0. The topological polar surface area (TPSA) is 37.4 Å². The van der Waals surface area contributed by atoms with Gasteiger partial charge in [0.05, 0.1) is 0 Å². The van der Waals surface area contributed by atoms with Crippen LogP contribution in [0.15, 0.2) is 12.7 Å². The molecule has 0 N–H and O–H groups in total. The lowest BCUT2D eigenvalue weighted by atomic mass is 10.3. The number of carbonyl (C=O) groups excluding carboxylic acids is 2. The van der Waals surface area contributed by atoms with Gasteiger partial charge in [-0.3, -0.25) is 4.79 Å². The second kappa shape index (κ2) is 6.58. The maximum Gasteiger partial charge on any atom is 0.219 e. The molecule has 1 amide bonds. The summed E-state index contributed by atoms with van der Waals surface area (Å²) in [5.41, 5.74) is 0. The fourth-order valence-electron chi connectivity index (χ4n) is 0.882. The van der Waals surface area contributed by atoms with Gasteiger partial charge in [0, 0.05) is 26.4 Å². The third-order valence-electron chi connectivity index (χ3n) is 1.57. The Morgan fingerprint density at radius 2 is 2.00 bits per heavy atom. The Bertz CT molecular complexity index is 154. The largest absolute Gasteiger partial charge is 0.342 e. The van der Waals surface area contributed by atoms with Gasteiger partial charge in [-0.1, -0.05) is 6.08 Å². The molecule has 0 spiro atoms. The first-order valence-electron chi connectivity index (χ1n) is 4.02. The summed E-state index contributed by atoms with van der Waals surface area (Å²) in [7, 11) is 0. The maximum atomic E-state index is 10.9. The minimum absolute atomic E-state index is 0.0127. The van der Waals surface area contributed by atoms with Gasteiger partial charge < -0.3 is 9.69 Å². The van der Waals surface area contributed by atoms with E-state index in [-0.39, 0.29) is 5.91 Å². The molecule has 0 bridgehead atoms. The summed E-state index contributed by atoms with van der Waals surface area (Å²) in [6.07, 6.45) is 3.77. The molecule has 0 rings (SSSR count). The van der Waals surface area contributed by atoms with Gasteiger partial charge in [-0.25, -0.2) is 0 Å². The van der Waals surface area contributed by atoms with Gasteiger partial charge in [-0.2, -0.15) is 0 Å². The molecule has 0 radical (unpaired) electrons. The zero-order valence-corrected chi connectivity index (χ0v) is 7.45. The molecular formula is C9H15NO2. The van der Waals surface area contributed by atoms with Crippen molar-refractivity contribution in [1.82, 2.24) is 4.90 Å². The quantitative estimate of drug-likeness (QED) is 0.439. The van der Waals surface area contributed by atoms with Crippen molar-refractivity contribution in [1.29, 1.82) is 0 Å². The van der Waals surface area contributed by atoms with Crippen molar-refractivity contribution in [2.24, 2.45) is 0 Å². The monoisotopic (exact) mass is 169 g/mol. The lowest BCUT2D eigenvalue weighted by Gasteiger charge is -2.18. The highest BCUT2D eigenvalue weighted by molar-refractivity contribution is 5.73. The van der Waals surface area contributed by atoms with Gasteiger partial charge >= 0.3 is 0 Å². The zero-order valence-electron chi connectivity index (χ0n) is 7.45. The van der Waals surface area contributed by atoms with Crippen molar-refractivity contribution in [3.05, 3.63) is 12.7 Å². The van der Waals surface area contributed by atoms with Gasteiger partial charge in [0.1, 0.15) is 6.29 Å². The molecule has 0 aliphatic carbocycles. The second-order valence-corrected chi connectivity index (χ2v) is 2.54. The molecule has 0 saturated heterocycles. The molecule has 0 aromatic carbocycles. The van der Waals surface area contributed by atoms with Crippen LogP contribution < -0.4 is 0 Å². The predicted octanol–water partition coefficient (Wildman–Crippen LogP) is 1.00. The van der Waals surface area contributed by atoms with Gasteiger partial charge in [0.15, 0.2) is 0 Å². The van der Waals surface area contributed by atoms with Crippen LogP contribution in [0.2, 0.25) is 0 Å². The number of amides is 1. The zero-order chi connectivity index (χ0) is 9.40. The van der Waals surface area contributed by atoms with E-state index in [1.54, 1.807) is 11.0 Å². The van der Waals surface area contributed by atoms with E-state index in [1.165, 1.54) is 6.92 Å². The van der Waals surface area contributed by atoms with Crippen LogP contribution in [0.5, 0.6) is 0 Å². The predicted molar refractivity (Wildman–Crippen MR) is 47.7 cm³/mol. The molecule has 68 valence electrons. The van der Waals surface area contributed by atoms with Crippen LogP contribution in [0, 0.1) is 0 Å². The summed E-state index contributed by atoms with van der Waals surface area (Å²) in [6.45, 7) is 6.25. The highest BCUT2D eigenvalue weighted by atomic mass is 16.2. The van der Waals surface area contributed by atoms with Crippen LogP contribution in [0.1, 0.15) is 19.8 Å². The van der Waals surface area contributed by atoms with Gasteiger partial charge in [-0.15, -0.1) is 6.58 Å². The van der Waals surface area contributed by atoms with Crippen molar-refractivity contribution in [3.63, 3.8) is 0 Å². The van der Waals surface area contributed by atoms with Gasteiger partial charge in [0.25, 0.3) is 0 Å². The first-order chi connectivity index (χ1) is 5.72. The highest BCUT2D eigenvalue weighted by Crippen LogP contribution is 1.94. The third kappa shape index (κ3) is 4.66. The van der Waals surface area contributed by atoms with Crippen molar-refractivity contribution in [2.45, 2.75) is 19.8 Å². The Hall–Kier alpha value is -1.12. The lowest BCUT2D eigenvalue weighted by Crippen LogP contribution is -2.30. The number of aldehydes is 1. The molecule has 0 aromatic rings. The molecule has 0 heterocycles. The standard InChI is InChI=1S/C9H15NO2/c1-3-4-6-10(9(2)12)7-5-8-11/h3,8H,1,4-7H2,2H3. The molecule has 0 fully saturated rings. The van der Waals surface area contributed by atoms with E-state index in [4.69, 9.17) is 0 Å². The average Bonchev–Trinajstić information content (AvgIpc) is 2.04. The molecule has 0 aliphatic rings. The van der Waals surface area contributed by atoms with Gasteiger partial charge in [-0.05, 0) is 6.42 Å². The lowest BCUT2D eigenvalue weighted by molar-refractivity contribution is -0.129. The maximum absolute atomic E-state index is 10.9. The number of hydrogen-bond acceptors (Lipinski definition) is 2. The van der Waals surface area contributed by atoms with E-state index in [0.717, 1.165) is 12.7 Å². The third-order valence-corrected chi connectivity index (χ3v) is 1.57. The fraction of sp³-hybridized carbons (Fsp3) is 0.556. The molecule has 0 unspecified atom stereocenters. The first-order valence-corrected chi connectivity index (χ1v) is 4.02. The number of carbonyl (C=O) groups is 2. The van der Waals surface area contributed by atoms with E-state index in [9.17, 15) is 9.59 Å². The van der Waals surface area contributed by atoms with Crippen molar-refractivity contribution < 1.29 is 9.59 Å².